The van der Waals surface area contributed by atoms with Gasteiger partial charge in [0.05, 0.1) is 4.90 Å². The number of nitrogens with one attached hydrogen (secondary N) is 1. The van der Waals surface area contributed by atoms with Crippen LogP contribution in [-0.4, -0.2) is 44.3 Å². The van der Waals surface area contributed by atoms with E-state index in [9.17, 15) is 13.2 Å². The number of hydrogen-bond acceptors (Lipinski definition) is 4. The zero-order valence-electron chi connectivity index (χ0n) is 15.2. The molecule has 26 heavy (non-hydrogen) atoms. The molecular formula is C19H29N3O3S. The first-order valence-corrected chi connectivity index (χ1v) is 11.1. The van der Waals surface area contributed by atoms with E-state index in [-0.39, 0.29) is 16.8 Å². The summed E-state index contributed by atoms with van der Waals surface area (Å²) < 4.78 is 27.2. The van der Waals surface area contributed by atoms with Gasteiger partial charge in [0.15, 0.2) is 0 Å². The Kier molecular flexibility index (Phi) is 6.32. The zero-order chi connectivity index (χ0) is 18.6. The van der Waals surface area contributed by atoms with Crippen LogP contribution in [0, 0.1) is 5.92 Å². The van der Waals surface area contributed by atoms with Gasteiger partial charge in [-0.15, -0.1) is 0 Å². The normalized spacial score (nSPS) is 25.0. The number of carbonyl (C=O) groups is 1. The van der Waals surface area contributed by atoms with Crippen LogP contribution in [0.2, 0.25) is 0 Å². The van der Waals surface area contributed by atoms with Gasteiger partial charge in [0.2, 0.25) is 10.0 Å². The van der Waals surface area contributed by atoms with E-state index in [0.29, 0.717) is 31.1 Å². The molecule has 1 aliphatic carbocycles. The number of sulfonamides is 1. The number of piperidine rings is 1. The van der Waals surface area contributed by atoms with Crippen molar-refractivity contribution in [2.24, 2.45) is 11.7 Å². The molecule has 2 aliphatic rings. The predicted octanol–water partition coefficient (Wildman–Crippen LogP) is 2.11. The van der Waals surface area contributed by atoms with E-state index in [0.717, 1.165) is 44.9 Å². The zero-order valence-corrected chi connectivity index (χ0v) is 16.0. The second kappa shape index (κ2) is 8.50. The number of hydrogen-bond donors (Lipinski definition) is 2. The first-order chi connectivity index (χ1) is 12.5. The lowest BCUT2D eigenvalue weighted by molar-refractivity contribution is 0.0908. The smallest absolute Gasteiger partial charge is 0.251 e. The van der Waals surface area contributed by atoms with Gasteiger partial charge in [-0.3, -0.25) is 4.79 Å². The van der Waals surface area contributed by atoms with E-state index >= 15 is 0 Å². The Morgan fingerprint density at radius 2 is 1.85 bits per heavy atom. The van der Waals surface area contributed by atoms with Crippen molar-refractivity contribution in [1.29, 1.82) is 0 Å². The number of amides is 1. The van der Waals surface area contributed by atoms with E-state index in [4.69, 9.17) is 5.73 Å². The van der Waals surface area contributed by atoms with E-state index in [2.05, 4.69) is 5.32 Å². The van der Waals surface area contributed by atoms with Gasteiger partial charge in [-0.05, 0) is 56.3 Å². The van der Waals surface area contributed by atoms with Gasteiger partial charge in [-0.1, -0.05) is 25.3 Å². The summed E-state index contributed by atoms with van der Waals surface area (Å²) in [5.74, 6) is 0.0824. The van der Waals surface area contributed by atoms with Gasteiger partial charge in [0, 0.05) is 24.7 Å². The molecule has 2 atom stereocenters. The molecule has 1 amide bonds. The molecule has 2 unspecified atom stereocenters. The van der Waals surface area contributed by atoms with Gasteiger partial charge < -0.3 is 11.1 Å². The lowest BCUT2D eigenvalue weighted by atomic mass is 9.84. The van der Waals surface area contributed by atoms with Gasteiger partial charge in [-0.2, -0.15) is 4.31 Å². The van der Waals surface area contributed by atoms with Crippen LogP contribution in [0.3, 0.4) is 0 Å². The molecule has 0 radical (unpaired) electrons. The molecule has 2 fully saturated rings. The third-order valence-corrected chi connectivity index (χ3v) is 7.47. The van der Waals surface area contributed by atoms with Gasteiger partial charge in [0.1, 0.15) is 0 Å². The van der Waals surface area contributed by atoms with Crippen LogP contribution in [0.4, 0.5) is 0 Å². The minimum Gasteiger partial charge on any atom is -0.349 e. The highest BCUT2D eigenvalue weighted by Gasteiger charge is 2.28. The third-order valence-electron chi connectivity index (χ3n) is 5.58. The number of carbonyl (C=O) groups excluding carboxylic acids is 1. The predicted molar refractivity (Wildman–Crippen MR) is 101 cm³/mol. The summed E-state index contributed by atoms with van der Waals surface area (Å²) in [7, 11) is -3.53. The number of nitrogens with two attached hydrogens (primary N) is 1. The topological polar surface area (TPSA) is 92.5 Å². The van der Waals surface area contributed by atoms with Gasteiger partial charge in [0.25, 0.3) is 5.91 Å². The monoisotopic (exact) mass is 379 g/mol. The lowest BCUT2D eigenvalue weighted by Gasteiger charge is -2.31. The van der Waals surface area contributed by atoms with Crippen molar-refractivity contribution in [2.75, 3.05) is 19.6 Å². The molecular weight excluding hydrogens is 350 g/mol. The first-order valence-electron chi connectivity index (χ1n) is 9.63. The molecule has 0 aromatic heterocycles. The standard InChI is InChI=1S/C19H29N3O3S/c20-14-16-7-2-3-10-18(16)21-19(23)15-8-6-9-17(13-15)26(24,25)22-11-4-1-5-12-22/h6,8-9,13,16,18H,1-5,7,10-12,14,20H2,(H,21,23). The number of benzene rings is 1. The summed E-state index contributed by atoms with van der Waals surface area (Å²) in [6.07, 6.45) is 7.05. The van der Waals surface area contributed by atoms with E-state index in [1.54, 1.807) is 18.2 Å². The summed E-state index contributed by atoms with van der Waals surface area (Å²) in [5.41, 5.74) is 6.23. The molecule has 6 nitrogen and oxygen atoms in total. The number of nitrogens with zero attached hydrogens (tertiary/aromatic N) is 1. The highest BCUT2D eigenvalue weighted by atomic mass is 32.2. The molecule has 0 bridgehead atoms. The van der Waals surface area contributed by atoms with Crippen LogP contribution in [0.25, 0.3) is 0 Å². The SMILES string of the molecule is NCC1CCCCC1NC(=O)c1cccc(S(=O)(=O)N2CCCCC2)c1. The fraction of sp³-hybridized carbons (Fsp3) is 0.632. The second-order valence-corrected chi connectivity index (χ2v) is 9.29. The maximum atomic E-state index is 12.8. The fourth-order valence-corrected chi connectivity index (χ4v) is 5.55. The highest BCUT2D eigenvalue weighted by molar-refractivity contribution is 7.89. The quantitative estimate of drug-likeness (QED) is 0.819. The average Bonchev–Trinajstić information content (AvgIpc) is 2.69. The molecule has 1 heterocycles. The van der Waals surface area contributed by atoms with E-state index < -0.39 is 10.0 Å². The largest absolute Gasteiger partial charge is 0.349 e. The Labute approximate surface area is 156 Å². The lowest BCUT2D eigenvalue weighted by Crippen LogP contribution is -2.44. The van der Waals surface area contributed by atoms with E-state index in [1.165, 1.54) is 10.4 Å². The van der Waals surface area contributed by atoms with Gasteiger partial charge >= 0.3 is 0 Å². The molecule has 1 saturated heterocycles. The van der Waals surface area contributed by atoms with Crippen molar-refractivity contribution in [3.63, 3.8) is 0 Å². The number of rotatable bonds is 5. The molecule has 3 N–H and O–H groups in total. The Morgan fingerprint density at radius 1 is 1.12 bits per heavy atom. The molecule has 1 aromatic rings. The maximum Gasteiger partial charge on any atom is 0.251 e. The summed E-state index contributed by atoms with van der Waals surface area (Å²) in [6, 6.07) is 6.46. The molecule has 3 rings (SSSR count). The molecule has 0 spiro atoms. The van der Waals surface area contributed by atoms with Crippen LogP contribution in [0.15, 0.2) is 29.2 Å². The fourth-order valence-electron chi connectivity index (χ4n) is 3.98. The Balaban J connectivity index is 1.75. The van der Waals surface area contributed by atoms with Crippen molar-refractivity contribution >= 4 is 15.9 Å². The van der Waals surface area contributed by atoms with Crippen molar-refractivity contribution in [2.45, 2.75) is 55.9 Å². The summed E-state index contributed by atoms with van der Waals surface area (Å²) >= 11 is 0. The van der Waals surface area contributed by atoms with E-state index in [1.807, 2.05) is 0 Å². The summed E-state index contributed by atoms with van der Waals surface area (Å²) in [4.78, 5) is 12.9. The molecule has 1 aromatic carbocycles. The van der Waals surface area contributed by atoms with Crippen LogP contribution >= 0.6 is 0 Å². The summed E-state index contributed by atoms with van der Waals surface area (Å²) in [5, 5.41) is 3.07. The molecule has 1 aliphatic heterocycles. The Morgan fingerprint density at radius 3 is 2.58 bits per heavy atom. The molecule has 7 heteroatoms. The molecule has 1 saturated carbocycles. The summed E-state index contributed by atoms with van der Waals surface area (Å²) in [6.45, 7) is 1.67. The average molecular weight is 380 g/mol. The van der Waals surface area contributed by atoms with Crippen molar-refractivity contribution in [3.8, 4) is 0 Å². The van der Waals surface area contributed by atoms with Crippen molar-refractivity contribution in [1.82, 2.24) is 9.62 Å². The minimum absolute atomic E-state index is 0.0728. The van der Waals surface area contributed by atoms with Crippen LogP contribution in [0.1, 0.15) is 55.3 Å². The van der Waals surface area contributed by atoms with Gasteiger partial charge in [-0.25, -0.2) is 8.42 Å². The van der Waals surface area contributed by atoms with Crippen molar-refractivity contribution < 1.29 is 13.2 Å². The highest BCUT2D eigenvalue weighted by Crippen LogP contribution is 2.25. The Hall–Kier alpha value is -1.44. The van der Waals surface area contributed by atoms with Crippen LogP contribution in [-0.2, 0) is 10.0 Å². The third kappa shape index (κ3) is 4.27. The minimum atomic E-state index is -3.53. The maximum absolute atomic E-state index is 12.8. The Bertz CT molecular complexity index is 729. The second-order valence-electron chi connectivity index (χ2n) is 7.35. The van der Waals surface area contributed by atoms with Crippen molar-refractivity contribution in [3.05, 3.63) is 29.8 Å². The van der Waals surface area contributed by atoms with Crippen LogP contribution < -0.4 is 11.1 Å². The molecule has 144 valence electrons. The first kappa shape index (κ1) is 19.3. The van der Waals surface area contributed by atoms with Crippen LogP contribution in [0.5, 0.6) is 0 Å².